The molecule has 1 heterocycles. The van der Waals surface area contributed by atoms with Crippen LogP contribution in [0.4, 0.5) is 17.1 Å². The van der Waals surface area contributed by atoms with Gasteiger partial charge in [-0.15, -0.1) is 0 Å². The maximum atomic E-state index is 12.8. The number of hydrogen-bond acceptors (Lipinski definition) is 5. The van der Waals surface area contributed by atoms with E-state index in [4.69, 9.17) is 0 Å². The first-order chi connectivity index (χ1) is 14.0. The molecule has 0 saturated heterocycles. The maximum absolute atomic E-state index is 12.8. The smallest absolute Gasteiger partial charge is 0.283 e. The standard InChI is InChI=1S/C21H13N3O5/c25-19(22-14-7-2-1-3-8-14)13-6-4-9-15(12-13)23-20(26)16-10-5-11-17(24(28)29)18(16)21(23)27/h1-12H,(H,22,25). The first-order valence-corrected chi connectivity index (χ1v) is 8.60. The van der Waals surface area contributed by atoms with Gasteiger partial charge in [-0.1, -0.05) is 30.3 Å². The van der Waals surface area contributed by atoms with Crippen LogP contribution in [0.25, 0.3) is 0 Å². The molecular weight excluding hydrogens is 374 g/mol. The Bertz CT molecular complexity index is 1170. The van der Waals surface area contributed by atoms with Crippen LogP contribution in [0.2, 0.25) is 0 Å². The minimum Gasteiger partial charge on any atom is -0.322 e. The average molecular weight is 387 g/mol. The quantitative estimate of drug-likeness (QED) is 0.417. The molecule has 3 amide bonds. The van der Waals surface area contributed by atoms with E-state index in [9.17, 15) is 24.5 Å². The lowest BCUT2D eigenvalue weighted by atomic mass is 10.1. The van der Waals surface area contributed by atoms with E-state index in [1.165, 1.54) is 36.4 Å². The van der Waals surface area contributed by atoms with Gasteiger partial charge in [0, 0.05) is 17.3 Å². The molecular formula is C21H13N3O5. The minimum absolute atomic E-state index is 0.0386. The number of imide groups is 1. The number of hydrogen-bond donors (Lipinski definition) is 1. The van der Waals surface area contributed by atoms with Crippen LogP contribution in [0.15, 0.2) is 72.8 Å². The number of fused-ring (bicyclic) bond motifs is 1. The third-order valence-electron chi connectivity index (χ3n) is 4.49. The molecule has 8 nitrogen and oxygen atoms in total. The molecule has 0 spiro atoms. The van der Waals surface area contributed by atoms with Gasteiger partial charge in [0.25, 0.3) is 23.4 Å². The fourth-order valence-corrected chi connectivity index (χ4v) is 3.17. The summed E-state index contributed by atoms with van der Waals surface area (Å²) in [6.45, 7) is 0. The molecule has 0 bridgehead atoms. The van der Waals surface area contributed by atoms with Crippen molar-refractivity contribution in [2.45, 2.75) is 0 Å². The topological polar surface area (TPSA) is 110 Å². The summed E-state index contributed by atoms with van der Waals surface area (Å²) in [4.78, 5) is 49.4. The summed E-state index contributed by atoms with van der Waals surface area (Å²) in [5.74, 6) is -1.88. The van der Waals surface area contributed by atoms with E-state index in [-0.39, 0.29) is 22.4 Å². The van der Waals surface area contributed by atoms with E-state index in [0.29, 0.717) is 5.69 Å². The van der Waals surface area contributed by atoms with Gasteiger partial charge in [0.2, 0.25) is 0 Å². The SMILES string of the molecule is O=C(Nc1ccccc1)c1cccc(N2C(=O)c3cccc([N+](=O)[O-])c3C2=O)c1. The van der Waals surface area contributed by atoms with Crippen molar-refractivity contribution in [3.63, 3.8) is 0 Å². The Labute approximate surface area is 164 Å². The van der Waals surface area contributed by atoms with Crippen molar-refractivity contribution in [1.82, 2.24) is 0 Å². The lowest BCUT2D eigenvalue weighted by molar-refractivity contribution is -0.385. The monoisotopic (exact) mass is 387 g/mol. The second kappa shape index (κ2) is 7.01. The van der Waals surface area contributed by atoms with Crippen LogP contribution in [-0.2, 0) is 0 Å². The van der Waals surface area contributed by atoms with Gasteiger partial charge in [-0.25, -0.2) is 4.90 Å². The van der Waals surface area contributed by atoms with Crippen LogP contribution in [0, 0.1) is 10.1 Å². The molecule has 0 unspecified atom stereocenters. The molecule has 0 aliphatic carbocycles. The zero-order valence-electron chi connectivity index (χ0n) is 14.9. The number of nitrogens with zero attached hydrogens (tertiary/aromatic N) is 2. The van der Waals surface area contributed by atoms with Crippen LogP contribution in [0.3, 0.4) is 0 Å². The molecule has 0 atom stereocenters. The highest BCUT2D eigenvalue weighted by molar-refractivity contribution is 6.35. The van der Waals surface area contributed by atoms with Crippen molar-refractivity contribution in [2.24, 2.45) is 0 Å². The molecule has 4 rings (SSSR count). The number of nitro groups is 1. The normalized spacial score (nSPS) is 12.6. The Morgan fingerprint density at radius 1 is 0.897 bits per heavy atom. The van der Waals surface area contributed by atoms with Gasteiger partial charge in [-0.05, 0) is 36.4 Å². The molecule has 0 radical (unpaired) electrons. The van der Waals surface area contributed by atoms with Gasteiger partial charge in [-0.3, -0.25) is 24.5 Å². The van der Waals surface area contributed by atoms with Crippen LogP contribution in [-0.4, -0.2) is 22.6 Å². The molecule has 0 saturated carbocycles. The molecule has 29 heavy (non-hydrogen) atoms. The zero-order chi connectivity index (χ0) is 20.5. The van der Waals surface area contributed by atoms with Gasteiger partial charge in [0.15, 0.2) is 0 Å². The number of amides is 3. The van der Waals surface area contributed by atoms with Crippen molar-refractivity contribution in [1.29, 1.82) is 0 Å². The van der Waals surface area contributed by atoms with Gasteiger partial charge in [0.05, 0.1) is 16.2 Å². The van der Waals surface area contributed by atoms with Crippen molar-refractivity contribution >= 4 is 34.8 Å². The first-order valence-electron chi connectivity index (χ1n) is 8.60. The van der Waals surface area contributed by atoms with Gasteiger partial charge in [0.1, 0.15) is 5.56 Å². The summed E-state index contributed by atoms with van der Waals surface area (Å²) < 4.78 is 0. The molecule has 3 aromatic rings. The predicted octanol–water partition coefficient (Wildman–Crippen LogP) is 3.65. The summed E-state index contributed by atoms with van der Waals surface area (Å²) >= 11 is 0. The maximum Gasteiger partial charge on any atom is 0.283 e. The number of carbonyl (C=O) groups excluding carboxylic acids is 3. The Morgan fingerprint density at radius 2 is 1.62 bits per heavy atom. The Balaban J connectivity index is 1.68. The number of benzene rings is 3. The number of nitrogens with one attached hydrogen (secondary N) is 1. The summed E-state index contributed by atoms with van der Waals surface area (Å²) in [5, 5.41) is 14.0. The number of carbonyl (C=O) groups is 3. The molecule has 3 aromatic carbocycles. The van der Waals surface area contributed by atoms with E-state index >= 15 is 0 Å². The van der Waals surface area contributed by atoms with E-state index in [1.807, 2.05) is 6.07 Å². The summed E-state index contributed by atoms with van der Waals surface area (Å²) in [6.07, 6.45) is 0. The summed E-state index contributed by atoms with van der Waals surface area (Å²) in [6, 6.07) is 18.7. The number of rotatable bonds is 4. The van der Waals surface area contributed by atoms with Gasteiger partial charge < -0.3 is 5.32 Å². The second-order valence-corrected chi connectivity index (χ2v) is 6.27. The zero-order valence-corrected chi connectivity index (χ0v) is 14.9. The van der Waals surface area contributed by atoms with E-state index in [2.05, 4.69) is 5.32 Å². The van der Waals surface area contributed by atoms with Gasteiger partial charge in [-0.2, -0.15) is 0 Å². The summed E-state index contributed by atoms with van der Waals surface area (Å²) in [7, 11) is 0. The number of nitro benzene ring substituents is 1. The molecule has 0 fully saturated rings. The minimum atomic E-state index is -0.794. The van der Waals surface area contributed by atoms with Crippen molar-refractivity contribution < 1.29 is 19.3 Å². The Kier molecular flexibility index (Phi) is 4.36. The van der Waals surface area contributed by atoms with E-state index in [0.717, 1.165) is 4.90 Å². The lowest BCUT2D eigenvalue weighted by Gasteiger charge is -2.15. The van der Waals surface area contributed by atoms with Gasteiger partial charge >= 0.3 is 0 Å². The number of anilines is 2. The largest absolute Gasteiger partial charge is 0.322 e. The lowest BCUT2D eigenvalue weighted by Crippen LogP contribution is -2.29. The Hall–Kier alpha value is -4.33. The average Bonchev–Trinajstić information content (AvgIpc) is 2.99. The fourth-order valence-electron chi connectivity index (χ4n) is 3.17. The highest BCUT2D eigenvalue weighted by Crippen LogP contribution is 2.34. The molecule has 142 valence electrons. The third kappa shape index (κ3) is 3.12. The van der Waals surface area contributed by atoms with Crippen LogP contribution < -0.4 is 10.2 Å². The van der Waals surface area contributed by atoms with Crippen LogP contribution in [0.5, 0.6) is 0 Å². The molecule has 1 aliphatic rings. The summed E-state index contributed by atoms with van der Waals surface area (Å²) in [5.41, 5.74) is 0.272. The van der Waals surface area contributed by atoms with Crippen molar-refractivity contribution in [2.75, 3.05) is 10.2 Å². The van der Waals surface area contributed by atoms with Crippen molar-refractivity contribution in [3.8, 4) is 0 Å². The molecule has 1 aliphatic heterocycles. The number of para-hydroxylation sites is 1. The molecule has 8 heteroatoms. The fraction of sp³-hybridized carbons (Fsp3) is 0. The Morgan fingerprint density at radius 3 is 2.34 bits per heavy atom. The third-order valence-corrected chi connectivity index (χ3v) is 4.49. The highest BCUT2D eigenvalue weighted by atomic mass is 16.6. The second-order valence-electron chi connectivity index (χ2n) is 6.27. The van der Waals surface area contributed by atoms with E-state index in [1.54, 1.807) is 30.3 Å². The van der Waals surface area contributed by atoms with Crippen molar-refractivity contribution in [3.05, 3.63) is 99.6 Å². The van der Waals surface area contributed by atoms with Crippen LogP contribution >= 0.6 is 0 Å². The molecule has 0 aromatic heterocycles. The highest BCUT2D eigenvalue weighted by Gasteiger charge is 2.41. The van der Waals surface area contributed by atoms with Crippen LogP contribution in [0.1, 0.15) is 31.1 Å². The molecule has 1 N–H and O–H groups in total. The predicted molar refractivity (Wildman–Crippen MR) is 105 cm³/mol. The first kappa shape index (κ1) is 18.1. The van der Waals surface area contributed by atoms with E-state index < -0.39 is 28.3 Å².